The molecule has 1 amide bonds. The van der Waals surface area contributed by atoms with Crippen molar-refractivity contribution in [3.8, 4) is 0 Å². The molecule has 1 aromatic carbocycles. The third-order valence-corrected chi connectivity index (χ3v) is 2.87. The van der Waals surface area contributed by atoms with Gasteiger partial charge in [-0.2, -0.15) is 0 Å². The average Bonchev–Trinajstić information content (AvgIpc) is 2.81. The van der Waals surface area contributed by atoms with E-state index in [1.165, 1.54) is 0 Å². The van der Waals surface area contributed by atoms with E-state index in [1.54, 1.807) is 4.90 Å². The van der Waals surface area contributed by atoms with Gasteiger partial charge >= 0.3 is 0 Å². The zero-order valence-electron chi connectivity index (χ0n) is 9.75. The molecule has 4 nitrogen and oxygen atoms in total. The van der Waals surface area contributed by atoms with E-state index in [0.29, 0.717) is 13.1 Å². The maximum Gasteiger partial charge on any atom is 0.250 e. The summed E-state index contributed by atoms with van der Waals surface area (Å²) in [5.41, 5.74) is -0.0403. The molecule has 0 aromatic heterocycles. The van der Waals surface area contributed by atoms with Crippen LogP contribution in [0.2, 0.25) is 0 Å². The molecule has 6 heteroatoms. The number of aliphatic hydroxyl groups is 1. The monoisotopic (exact) mass is 256 g/mol. The van der Waals surface area contributed by atoms with E-state index in [4.69, 9.17) is 5.11 Å². The molecule has 2 rings (SSSR count). The first-order valence-corrected chi connectivity index (χ1v) is 5.76. The number of benzene rings is 1. The summed E-state index contributed by atoms with van der Waals surface area (Å²) in [7, 11) is 0. The Morgan fingerprint density at radius 3 is 2.33 bits per heavy atom. The molecule has 18 heavy (non-hydrogen) atoms. The zero-order chi connectivity index (χ0) is 13.1. The van der Waals surface area contributed by atoms with Crippen molar-refractivity contribution in [1.29, 1.82) is 0 Å². The lowest BCUT2D eigenvalue weighted by Crippen LogP contribution is -2.21. The molecule has 1 aliphatic rings. The molecule has 0 atom stereocenters. The van der Waals surface area contributed by atoms with Crippen LogP contribution in [0.25, 0.3) is 0 Å². The number of nitrogens with one attached hydrogen (secondary N) is 1. The van der Waals surface area contributed by atoms with Crippen molar-refractivity contribution >= 4 is 17.3 Å². The Morgan fingerprint density at radius 2 is 1.83 bits per heavy atom. The van der Waals surface area contributed by atoms with Gasteiger partial charge in [0.05, 0.1) is 0 Å². The van der Waals surface area contributed by atoms with Gasteiger partial charge in [-0.3, -0.25) is 4.79 Å². The number of carbonyl (C=O) groups excluding carboxylic acids is 1. The smallest absolute Gasteiger partial charge is 0.250 e. The predicted octanol–water partition coefficient (Wildman–Crippen LogP) is 1.50. The number of aliphatic hydroxyl groups excluding tert-OH is 1. The van der Waals surface area contributed by atoms with Crippen LogP contribution in [-0.2, 0) is 4.79 Å². The lowest BCUT2D eigenvalue weighted by molar-refractivity contribution is -0.118. The van der Waals surface area contributed by atoms with Crippen LogP contribution >= 0.6 is 0 Å². The first kappa shape index (κ1) is 12.8. The fourth-order valence-corrected chi connectivity index (χ4v) is 2.08. The van der Waals surface area contributed by atoms with Gasteiger partial charge in [-0.15, -0.1) is 0 Å². The van der Waals surface area contributed by atoms with Gasteiger partial charge in [-0.1, -0.05) is 0 Å². The third kappa shape index (κ3) is 2.59. The number of hydrogen-bond donors (Lipinski definition) is 2. The van der Waals surface area contributed by atoms with Crippen molar-refractivity contribution in [3.05, 3.63) is 23.8 Å². The summed E-state index contributed by atoms with van der Waals surface area (Å²) in [4.78, 5) is 12.6. The molecule has 1 saturated heterocycles. The maximum atomic E-state index is 13.8. The van der Waals surface area contributed by atoms with Crippen molar-refractivity contribution < 1.29 is 18.7 Å². The van der Waals surface area contributed by atoms with Crippen LogP contribution in [0.1, 0.15) is 12.8 Å². The number of halogens is 2. The first-order chi connectivity index (χ1) is 8.61. The largest absolute Gasteiger partial charge is 0.387 e. The highest BCUT2D eigenvalue weighted by atomic mass is 19.1. The minimum Gasteiger partial charge on any atom is -0.387 e. The highest BCUT2D eigenvalue weighted by Crippen LogP contribution is 2.29. The van der Waals surface area contributed by atoms with Crippen molar-refractivity contribution in [2.24, 2.45) is 0 Å². The molecule has 0 spiro atoms. The van der Waals surface area contributed by atoms with Crippen LogP contribution < -0.4 is 10.2 Å². The van der Waals surface area contributed by atoms with Crippen LogP contribution in [0.4, 0.5) is 20.2 Å². The second-order valence-corrected chi connectivity index (χ2v) is 4.19. The molecule has 0 bridgehead atoms. The molecule has 0 radical (unpaired) electrons. The number of nitrogens with zero attached hydrogens (tertiary/aromatic N) is 1. The highest BCUT2D eigenvalue weighted by Gasteiger charge is 2.21. The first-order valence-electron chi connectivity index (χ1n) is 5.76. The van der Waals surface area contributed by atoms with Gasteiger partial charge in [0.1, 0.15) is 12.3 Å². The van der Waals surface area contributed by atoms with Crippen LogP contribution in [0.3, 0.4) is 0 Å². The zero-order valence-corrected chi connectivity index (χ0v) is 9.75. The SMILES string of the molecule is O=C(CO)Nc1cc(F)c(N2CCCC2)c(F)c1. The molecular weight excluding hydrogens is 242 g/mol. The molecule has 0 unspecified atom stereocenters. The molecule has 98 valence electrons. The third-order valence-electron chi connectivity index (χ3n) is 2.87. The molecule has 1 aliphatic heterocycles. The van der Waals surface area contributed by atoms with Gasteiger partial charge in [-0.05, 0) is 25.0 Å². The van der Waals surface area contributed by atoms with Gasteiger partial charge in [0.2, 0.25) is 5.91 Å². The van der Waals surface area contributed by atoms with Crippen LogP contribution in [0.15, 0.2) is 12.1 Å². The molecule has 1 heterocycles. The topological polar surface area (TPSA) is 52.6 Å². The number of rotatable bonds is 3. The number of carbonyl (C=O) groups is 1. The Kier molecular flexibility index (Phi) is 3.76. The Hall–Kier alpha value is -1.69. The fraction of sp³-hybridized carbons (Fsp3) is 0.417. The van der Waals surface area contributed by atoms with Gasteiger partial charge in [0, 0.05) is 18.8 Å². The fourth-order valence-electron chi connectivity index (χ4n) is 2.08. The number of hydrogen-bond acceptors (Lipinski definition) is 3. The lowest BCUT2D eigenvalue weighted by atomic mass is 10.2. The van der Waals surface area contributed by atoms with E-state index in [-0.39, 0.29) is 11.4 Å². The minimum atomic E-state index is -0.725. The Balaban J connectivity index is 2.25. The predicted molar refractivity (Wildman–Crippen MR) is 63.5 cm³/mol. The average molecular weight is 256 g/mol. The van der Waals surface area contributed by atoms with Crippen molar-refractivity contribution in [2.75, 3.05) is 29.9 Å². The number of amides is 1. The summed E-state index contributed by atoms with van der Waals surface area (Å²) >= 11 is 0. The second kappa shape index (κ2) is 5.30. The van der Waals surface area contributed by atoms with E-state index in [0.717, 1.165) is 25.0 Å². The van der Waals surface area contributed by atoms with Crippen LogP contribution in [0.5, 0.6) is 0 Å². The van der Waals surface area contributed by atoms with Crippen molar-refractivity contribution in [1.82, 2.24) is 0 Å². The molecule has 0 saturated carbocycles. The summed E-state index contributed by atoms with van der Waals surface area (Å²) in [5, 5.41) is 10.8. The van der Waals surface area contributed by atoms with E-state index >= 15 is 0 Å². The molecule has 2 N–H and O–H groups in total. The summed E-state index contributed by atoms with van der Waals surface area (Å²) in [6.45, 7) is 0.545. The van der Waals surface area contributed by atoms with Gasteiger partial charge in [-0.25, -0.2) is 8.78 Å². The van der Waals surface area contributed by atoms with E-state index < -0.39 is 24.1 Å². The highest BCUT2D eigenvalue weighted by molar-refractivity contribution is 5.91. The van der Waals surface area contributed by atoms with Crippen LogP contribution in [-0.4, -0.2) is 30.7 Å². The number of anilines is 2. The normalized spacial score (nSPS) is 14.9. The summed E-state index contributed by atoms with van der Waals surface area (Å²) < 4.78 is 27.6. The minimum absolute atomic E-state index is 0.00648. The van der Waals surface area contributed by atoms with Crippen LogP contribution in [0, 0.1) is 11.6 Å². The van der Waals surface area contributed by atoms with Gasteiger partial charge in [0.15, 0.2) is 11.6 Å². The standard InChI is InChI=1S/C12H14F2N2O2/c13-9-5-8(15-11(18)7-17)6-10(14)12(9)16-3-1-2-4-16/h5-6,17H,1-4,7H2,(H,15,18). The summed E-state index contributed by atoms with van der Waals surface area (Å²) in [5.74, 6) is -2.11. The Morgan fingerprint density at radius 1 is 1.28 bits per heavy atom. The van der Waals surface area contributed by atoms with E-state index in [9.17, 15) is 13.6 Å². The molecule has 1 fully saturated rings. The molecule has 0 aliphatic carbocycles. The van der Waals surface area contributed by atoms with Crippen molar-refractivity contribution in [2.45, 2.75) is 12.8 Å². The van der Waals surface area contributed by atoms with Gasteiger partial charge < -0.3 is 15.3 Å². The van der Waals surface area contributed by atoms with Crippen molar-refractivity contribution in [3.63, 3.8) is 0 Å². The Labute approximate surface area is 103 Å². The van der Waals surface area contributed by atoms with Gasteiger partial charge in [0.25, 0.3) is 0 Å². The van der Waals surface area contributed by atoms with E-state index in [2.05, 4.69) is 5.32 Å². The lowest BCUT2D eigenvalue weighted by Gasteiger charge is -2.19. The maximum absolute atomic E-state index is 13.8. The molecule has 1 aromatic rings. The molecular formula is C12H14F2N2O2. The summed E-state index contributed by atoms with van der Waals surface area (Å²) in [6, 6.07) is 2.12. The Bertz CT molecular complexity index is 436. The van der Waals surface area contributed by atoms with E-state index in [1.807, 2.05) is 0 Å². The second-order valence-electron chi connectivity index (χ2n) is 4.19. The quantitative estimate of drug-likeness (QED) is 0.861. The summed E-state index contributed by atoms with van der Waals surface area (Å²) in [6.07, 6.45) is 1.84.